The number of hydrogen-bond donors (Lipinski definition) is 1. The lowest BCUT2D eigenvalue weighted by Crippen LogP contribution is -2.34. The molecule has 2 nitrogen and oxygen atoms in total. The average Bonchev–Trinajstić information content (AvgIpc) is 2.72. The fraction of sp³-hybridized carbons (Fsp3) is 0.538. The molecule has 0 aliphatic carbocycles. The van der Waals surface area contributed by atoms with E-state index in [0.29, 0.717) is 5.56 Å². The second kappa shape index (κ2) is 4.70. The number of rotatable bonds is 3. The largest absolute Gasteiger partial charge is 0.380 e. The Labute approximate surface area is 100.0 Å². The standard InChI is InChI=1S/C13H17F2NO/c1-13(6-3-7-16-13)10-4-5-11(14)9(8-17-2)12(10)15/h4-5,16H,3,6-8H2,1-2H3. The monoisotopic (exact) mass is 241 g/mol. The molecular weight excluding hydrogens is 224 g/mol. The second-order valence-electron chi connectivity index (χ2n) is 4.68. The van der Waals surface area contributed by atoms with Gasteiger partial charge in [-0.1, -0.05) is 6.07 Å². The van der Waals surface area contributed by atoms with Gasteiger partial charge in [-0.2, -0.15) is 0 Å². The van der Waals surface area contributed by atoms with Crippen LogP contribution in [0.4, 0.5) is 8.78 Å². The topological polar surface area (TPSA) is 21.3 Å². The predicted molar refractivity (Wildman–Crippen MR) is 61.7 cm³/mol. The van der Waals surface area contributed by atoms with Crippen molar-refractivity contribution in [3.05, 3.63) is 34.9 Å². The van der Waals surface area contributed by atoms with Crippen molar-refractivity contribution < 1.29 is 13.5 Å². The van der Waals surface area contributed by atoms with E-state index < -0.39 is 11.6 Å². The maximum atomic E-state index is 14.3. The van der Waals surface area contributed by atoms with Gasteiger partial charge in [0.25, 0.3) is 0 Å². The van der Waals surface area contributed by atoms with Gasteiger partial charge >= 0.3 is 0 Å². The summed E-state index contributed by atoms with van der Waals surface area (Å²) in [5, 5.41) is 3.28. The molecule has 1 N–H and O–H groups in total. The van der Waals surface area contributed by atoms with Crippen LogP contribution in [0.15, 0.2) is 12.1 Å². The molecule has 17 heavy (non-hydrogen) atoms. The number of halogens is 2. The van der Waals surface area contributed by atoms with Crippen LogP contribution >= 0.6 is 0 Å². The summed E-state index contributed by atoms with van der Waals surface area (Å²) in [5.74, 6) is -1.03. The fourth-order valence-electron chi connectivity index (χ4n) is 2.42. The van der Waals surface area contributed by atoms with Gasteiger partial charge in [0.15, 0.2) is 0 Å². The molecule has 1 saturated heterocycles. The third kappa shape index (κ3) is 2.19. The zero-order valence-corrected chi connectivity index (χ0v) is 10.1. The van der Waals surface area contributed by atoms with Crippen LogP contribution in [0.1, 0.15) is 30.9 Å². The Morgan fingerprint density at radius 2 is 2.18 bits per heavy atom. The molecule has 1 aromatic carbocycles. The third-order valence-electron chi connectivity index (χ3n) is 3.44. The van der Waals surface area contributed by atoms with Crippen molar-refractivity contribution in [3.63, 3.8) is 0 Å². The highest BCUT2D eigenvalue weighted by Crippen LogP contribution is 2.33. The maximum Gasteiger partial charge on any atom is 0.136 e. The van der Waals surface area contributed by atoms with E-state index in [1.54, 1.807) is 0 Å². The van der Waals surface area contributed by atoms with Crippen molar-refractivity contribution in [2.75, 3.05) is 13.7 Å². The van der Waals surface area contributed by atoms with Crippen molar-refractivity contribution >= 4 is 0 Å². The Balaban J connectivity index is 2.45. The van der Waals surface area contributed by atoms with Gasteiger partial charge in [0.05, 0.1) is 6.61 Å². The lowest BCUT2D eigenvalue weighted by Gasteiger charge is -2.26. The van der Waals surface area contributed by atoms with Crippen LogP contribution in [0.5, 0.6) is 0 Å². The highest BCUT2D eigenvalue weighted by atomic mass is 19.1. The van der Waals surface area contributed by atoms with E-state index in [1.165, 1.54) is 19.2 Å². The molecule has 1 aliphatic heterocycles. The summed E-state index contributed by atoms with van der Waals surface area (Å²) in [7, 11) is 1.43. The molecule has 0 amide bonds. The van der Waals surface area contributed by atoms with Crippen LogP contribution in [-0.2, 0) is 16.9 Å². The van der Waals surface area contributed by atoms with E-state index in [-0.39, 0.29) is 17.7 Å². The van der Waals surface area contributed by atoms with Gasteiger partial charge < -0.3 is 10.1 Å². The molecule has 1 heterocycles. The normalized spacial score (nSPS) is 24.2. The summed E-state index contributed by atoms with van der Waals surface area (Å²) in [6, 6.07) is 2.85. The highest BCUT2D eigenvalue weighted by molar-refractivity contribution is 5.33. The Morgan fingerprint density at radius 1 is 1.41 bits per heavy atom. The summed E-state index contributed by atoms with van der Waals surface area (Å²) in [6.45, 7) is 2.78. The molecule has 0 spiro atoms. The first-order valence-electron chi connectivity index (χ1n) is 5.80. The quantitative estimate of drug-likeness (QED) is 0.878. The number of nitrogens with one attached hydrogen (secondary N) is 1. The molecule has 1 fully saturated rings. The van der Waals surface area contributed by atoms with Gasteiger partial charge in [0.2, 0.25) is 0 Å². The molecule has 1 unspecified atom stereocenters. The first-order valence-corrected chi connectivity index (χ1v) is 5.80. The average molecular weight is 241 g/mol. The van der Waals surface area contributed by atoms with Crippen molar-refractivity contribution in [3.8, 4) is 0 Å². The molecule has 1 aromatic rings. The third-order valence-corrected chi connectivity index (χ3v) is 3.44. The van der Waals surface area contributed by atoms with Gasteiger partial charge in [-0.3, -0.25) is 0 Å². The van der Waals surface area contributed by atoms with Crippen LogP contribution in [0.2, 0.25) is 0 Å². The van der Waals surface area contributed by atoms with Gasteiger partial charge in [-0.05, 0) is 32.4 Å². The number of ether oxygens (including phenoxy) is 1. The van der Waals surface area contributed by atoms with E-state index >= 15 is 0 Å². The highest BCUT2D eigenvalue weighted by Gasteiger charge is 2.33. The van der Waals surface area contributed by atoms with E-state index in [0.717, 1.165) is 19.4 Å². The van der Waals surface area contributed by atoms with Crippen molar-refractivity contribution in [2.45, 2.75) is 31.9 Å². The number of benzene rings is 1. The van der Waals surface area contributed by atoms with Crippen LogP contribution < -0.4 is 5.32 Å². The first kappa shape index (κ1) is 12.5. The van der Waals surface area contributed by atoms with E-state index in [9.17, 15) is 8.78 Å². The van der Waals surface area contributed by atoms with Gasteiger partial charge in [0, 0.05) is 23.8 Å². The Hall–Kier alpha value is -1.00. The van der Waals surface area contributed by atoms with E-state index in [2.05, 4.69) is 5.32 Å². The molecule has 0 bridgehead atoms. The van der Waals surface area contributed by atoms with Crippen molar-refractivity contribution in [2.24, 2.45) is 0 Å². The van der Waals surface area contributed by atoms with Crippen LogP contribution in [0.25, 0.3) is 0 Å². The minimum absolute atomic E-state index is 0.0138. The summed E-state index contributed by atoms with van der Waals surface area (Å²) in [4.78, 5) is 0. The summed E-state index contributed by atoms with van der Waals surface area (Å²) < 4.78 is 32.6. The Morgan fingerprint density at radius 3 is 2.76 bits per heavy atom. The SMILES string of the molecule is COCc1c(F)ccc(C2(C)CCCN2)c1F. The van der Waals surface area contributed by atoms with Gasteiger partial charge in [0.1, 0.15) is 11.6 Å². The van der Waals surface area contributed by atoms with Gasteiger partial charge in [-0.25, -0.2) is 8.78 Å². The zero-order chi connectivity index (χ0) is 12.5. The zero-order valence-electron chi connectivity index (χ0n) is 10.1. The van der Waals surface area contributed by atoms with Crippen LogP contribution in [-0.4, -0.2) is 13.7 Å². The van der Waals surface area contributed by atoms with E-state index in [1.807, 2.05) is 6.92 Å². The molecule has 94 valence electrons. The van der Waals surface area contributed by atoms with Crippen molar-refractivity contribution in [1.29, 1.82) is 0 Å². The molecule has 4 heteroatoms. The molecular formula is C13H17F2NO. The van der Waals surface area contributed by atoms with Crippen molar-refractivity contribution in [1.82, 2.24) is 5.32 Å². The first-order chi connectivity index (χ1) is 8.08. The molecule has 0 aromatic heterocycles. The fourth-order valence-corrected chi connectivity index (χ4v) is 2.42. The predicted octanol–water partition coefficient (Wildman–Crippen LogP) is 2.71. The minimum Gasteiger partial charge on any atom is -0.380 e. The summed E-state index contributed by atoms with van der Waals surface area (Å²) >= 11 is 0. The number of methoxy groups -OCH3 is 1. The maximum absolute atomic E-state index is 14.3. The Kier molecular flexibility index (Phi) is 3.45. The minimum atomic E-state index is -0.547. The molecule has 2 rings (SSSR count). The lowest BCUT2D eigenvalue weighted by molar-refractivity contribution is 0.177. The van der Waals surface area contributed by atoms with E-state index in [4.69, 9.17) is 4.74 Å². The molecule has 1 aliphatic rings. The molecule has 0 radical (unpaired) electrons. The number of hydrogen-bond acceptors (Lipinski definition) is 2. The van der Waals surface area contributed by atoms with Gasteiger partial charge in [-0.15, -0.1) is 0 Å². The molecule has 1 atom stereocenters. The molecule has 0 saturated carbocycles. The second-order valence-corrected chi connectivity index (χ2v) is 4.68. The lowest BCUT2D eigenvalue weighted by atomic mass is 9.89. The smallest absolute Gasteiger partial charge is 0.136 e. The summed E-state index contributed by atoms with van der Waals surface area (Å²) in [5.41, 5.74) is 0.156. The van der Waals surface area contributed by atoms with Crippen LogP contribution in [0, 0.1) is 11.6 Å². The Bertz CT molecular complexity index is 414. The summed E-state index contributed by atoms with van der Waals surface area (Å²) in [6.07, 6.45) is 1.87. The van der Waals surface area contributed by atoms with Crippen LogP contribution in [0.3, 0.4) is 0 Å².